The summed E-state index contributed by atoms with van der Waals surface area (Å²) in [6.45, 7) is 7.92. The number of hydrogen-bond donors (Lipinski definition) is 2. The van der Waals surface area contributed by atoms with Crippen molar-refractivity contribution in [3.8, 4) is 22.8 Å². The van der Waals surface area contributed by atoms with E-state index in [0.717, 1.165) is 42.5 Å². The lowest BCUT2D eigenvalue weighted by molar-refractivity contribution is -0.145. The second-order valence-corrected chi connectivity index (χ2v) is 9.52. The third-order valence-corrected chi connectivity index (χ3v) is 7.20. The zero-order valence-corrected chi connectivity index (χ0v) is 22.1. The summed E-state index contributed by atoms with van der Waals surface area (Å²) in [6.07, 6.45) is 2.80. The molecule has 1 aromatic carbocycles. The van der Waals surface area contributed by atoms with E-state index in [1.54, 1.807) is 24.4 Å². The van der Waals surface area contributed by atoms with Gasteiger partial charge < -0.3 is 19.7 Å². The molecule has 0 radical (unpaired) electrons. The second-order valence-electron chi connectivity index (χ2n) is 9.52. The first-order chi connectivity index (χ1) is 18.2. The van der Waals surface area contributed by atoms with Crippen molar-refractivity contribution < 1.29 is 28.9 Å². The van der Waals surface area contributed by atoms with Gasteiger partial charge in [0.25, 0.3) is 0 Å². The average molecular weight is 524 g/mol. The van der Waals surface area contributed by atoms with E-state index in [9.17, 15) is 19.4 Å². The molecule has 0 amide bonds. The Morgan fingerprint density at radius 3 is 2.63 bits per heavy atom. The maximum absolute atomic E-state index is 14.9. The number of rotatable bonds is 10. The number of nitrogens with zero attached hydrogens (tertiary/aromatic N) is 3. The van der Waals surface area contributed by atoms with Gasteiger partial charge in [0.2, 0.25) is 5.88 Å². The second kappa shape index (κ2) is 11.9. The predicted octanol–water partition coefficient (Wildman–Crippen LogP) is 4.95. The summed E-state index contributed by atoms with van der Waals surface area (Å²) >= 11 is 0. The highest BCUT2D eigenvalue weighted by molar-refractivity contribution is 5.70. The molecule has 1 aliphatic heterocycles. The minimum atomic E-state index is -1.15. The van der Waals surface area contributed by atoms with E-state index in [4.69, 9.17) is 9.47 Å². The molecule has 2 N–H and O–H groups in total. The van der Waals surface area contributed by atoms with Crippen LogP contribution in [-0.4, -0.2) is 51.2 Å². The Morgan fingerprint density at radius 2 is 1.95 bits per heavy atom. The van der Waals surface area contributed by atoms with Gasteiger partial charge in [0, 0.05) is 29.9 Å². The zero-order chi connectivity index (χ0) is 27.4. The van der Waals surface area contributed by atoms with E-state index < -0.39 is 23.8 Å². The van der Waals surface area contributed by atoms with Crippen LogP contribution in [0.3, 0.4) is 0 Å². The SMILES string of the molecule is CCN(CC)Cc1cc(C2CCc3ccc([C@H](O)[C@H](C)C(=O)O)cc3O2)ncc1-c1cc(OC)ncc1F. The maximum atomic E-state index is 14.9. The van der Waals surface area contributed by atoms with Crippen molar-refractivity contribution >= 4 is 5.97 Å². The number of halogens is 1. The van der Waals surface area contributed by atoms with E-state index in [1.165, 1.54) is 14.0 Å². The molecule has 0 saturated heterocycles. The number of carboxylic acids is 1. The third-order valence-electron chi connectivity index (χ3n) is 7.20. The number of pyridine rings is 2. The molecule has 0 bridgehead atoms. The van der Waals surface area contributed by atoms with Crippen LogP contribution in [0.5, 0.6) is 11.6 Å². The van der Waals surface area contributed by atoms with Crippen LogP contribution in [0.15, 0.2) is 42.7 Å². The first-order valence-electron chi connectivity index (χ1n) is 12.9. The Kier molecular flexibility index (Phi) is 8.58. The van der Waals surface area contributed by atoms with Gasteiger partial charge in [0.1, 0.15) is 17.7 Å². The van der Waals surface area contributed by atoms with Crippen LogP contribution in [0.4, 0.5) is 4.39 Å². The highest BCUT2D eigenvalue weighted by atomic mass is 19.1. The molecule has 0 fully saturated rings. The Bertz CT molecular complexity index is 1300. The molecule has 38 heavy (non-hydrogen) atoms. The highest BCUT2D eigenvalue weighted by Gasteiger charge is 2.28. The molecule has 2 aromatic heterocycles. The Hall–Kier alpha value is -3.56. The summed E-state index contributed by atoms with van der Waals surface area (Å²) in [6, 6.07) is 8.90. The van der Waals surface area contributed by atoms with Crippen LogP contribution in [0, 0.1) is 11.7 Å². The molecule has 0 aliphatic carbocycles. The van der Waals surface area contributed by atoms with E-state index in [0.29, 0.717) is 41.3 Å². The minimum Gasteiger partial charge on any atom is -0.484 e. The number of benzene rings is 1. The molecule has 3 atom stereocenters. The minimum absolute atomic E-state index is 0.321. The fourth-order valence-corrected chi connectivity index (χ4v) is 4.69. The standard InChI is InChI=1S/C29H34FN3O5/c1-5-33(6-2)16-20-11-24(31-14-22(20)21-13-27(37-4)32-15-23(21)30)25-10-9-18-7-8-19(12-26(18)38-25)28(34)17(3)29(35)36/h7-8,11-15,17,25,28,34H,5-6,9-10,16H2,1-4H3,(H,35,36)/t17-,25?,28+/m0/s1. The quantitative estimate of drug-likeness (QED) is 0.385. The monoisotopic (exact) mass is 523 g/mol. The molecule has 8 nitrogen and oxygen atoms in total. The van der Waals surface area contributed by atoms with Crippen LogP contribution in [0.2, 0.25) is 0 Å². The van der Waals surface area contributed by atoms with Crippen LogP contribution in [0.1, 0.15) is 61.8 Å². The highest BCUT2D eigenvalue weighted by Crippen LogP contribution is 2.38. The number of fused-ring (bicyclic) bond motifs is 1. The number of carboxylic acid groups (broad SMARTS) is 1. The number of aromatic nitrogens is 2. The van der Waals surface area contributed by atoms with Gasteiger partial charge in [-0.3, -0.25) is 14.7 Å². The van der Waals surface area contributed by atoms with Gasteiger partial charge in [-0.25, -0.2) is 9.37 Å². The van der Waals surface area contributed by atoms with Gasteiger partial charge in [0.15, 0.2) is 0 Å². The molecule has 4 rings (SSSR count). The van der Waals surface area contributed by atoms with Gasteiger partial charge in [-0.05, 0) is 61.7 Å². The molecule has 1 aliphatic rings. The average Bonchev–Trinajstić information content (AvgIpc) is 2.94. The zero-order valence-electron chi connectivity index (χ0n) is 22.1. The first kappa shape index (κ1) is 27.5. The van der Waals surface area contributed by atoms with Gasteiger partial charge in [0.05, 0.1) is 31.0 Å². The molecule has 1 unspecified atom stereocenters. The number of methoxy groups -OCH3 is 1. The summed E-state index contributed by atoms with van der Waals surface area (Å²) in [5, 5.41) is 19.8. The number of carbonyl (C=O) groups is 1. The molecule has 3 heterocycles. The maximum Gasteiger partial charge on any atom is 0.309 e. The summed E-state index contributed by atoms with van der Waals surface area (Å²) < 4.78 is 26.4. The van der Waals surface area contributed by atoms with Crippen LogP contribution < -0.4 is 9.47 Å². The van der Waals surface area contributed by atoms with Gasteiger partial charge in [-0.2, -0.15) is 0 Å². The van der Waals surface area contributed by atoms with E-state index in [-0.39, 0.29) is 6.10 Å². The van der Waals surface area contributed by atoms with Crippen LogP contribution in [0.25, 0.3) is 11.1 Å². The lowest BCUT2D eigenvalue weighted by atomic mass is 9.93. The van der Waals surface area contributed by atoms with Crippen molar-refractivity contribution in [2.75, 3.05) is 20.2 Å². The van der Waals surface area contributed by atoms with Crippen molar-refractivity contribution in [2.45, 2.75) is 52.4 Å². The topological polar surface area (TPSA) is 105 Å². The van der Waals surface area contributed by atoms with Gasteiger partial charge in [-0.15, -0.1) is 0 Å². The number of aliphatic carboxylic acids is 1. The number of ether oxygens (including phenoxy) is 2. The number of aryl methyl sites for hydroxylation is 1. The largest absolute Gasteiger partial charge is 0.484 e. The normalized spacial score (nSPS) is 16.4. The van der Waals surface area contributed by atoms with Crippen molar-refractivity contribution in [1.29, 1.82) is 0 Å². The van der Waals surface area contributed by atoms with Crippen LogP contribution >= 0.6 is 0 Å². The molecule has 202 valence electrons. The van der Waals surface area contributed by atoms with Crippen molar-refractivity contribution in [3.05, 3.63) is 70.9 Å². The first-order valence-corrected chi connectivity index (χ1v) is 12.9. The fourth-order valence-electron chi connectivity index (χ4n) is 4.69. The number of hydrogen-bond acceptors (Lipinski definition) is 7. The number of aliphatic hydroxyl groups excluding tert-OH is 1. The van der Waals surface area contributed by atoms with E-state index in [2.05, 4.69) is 28.7 Å². The van der Waals surface area contributed by atoms with Gasteiger partial charge in [-0.1, -0.05) is 26.0 Å². The molecule has 9 heteroatoms. The predicted molar refractivity (Wildman–Crippen MR) is 140 cm³/mol. The molecular formula is C29H34FN3O5. The molecule has 0 spiro atoms. The molecular weight excluding hydrogens is 489 g/mol. The van der Waals surface area contributed by atoms with Crippen molar-refractivity contribution in [3.63, 3.8) is 0 Å². The smallest absolute Gasteiger partial charge is 0.309 e. The lowest BCUT2D eigenvalue weighted by Crippen LogP contribution is -2.23. The van der Waals surface area contributed by atoms with Gasteiger partial charge >= 0.3 is 5.97 Å². The Labute approximate surface area is 222 Å². The van der Waals surface area contributed by atoms with Crippen molar-refractivity contribution in [2.24, 2.45) is 5.92 Å². The fraction of sp³-hybridized carbons (Fsp3) is 0.414. The third kappa shape index (κ3) is 5.79. The van der Waals surface area contributed by atoms with E-state index >= 15 is 0 Å². The van der Waals surface area contributed by atoms with Crippen molar-refractivity contribution in [1.82, 2.24) is 14.9 Å². The van der Waals surface area contributed by atoms with E-state index in [1.807, 2.05) is 12.1 Å². The van der Waals surface area contributed by atoms with Crippen LogP contribution in [-0.2, 0) is 17.8 Å². The molecule has 3 aromatic rings. The summed E-state index contributed by atoms with van der Waals surface area (Å²) in [4.78, 5) is 22.2. The summed E-state index contributed by atoms with van der Waals surface area (Å²) in [7, 11) is 1.49. The molecule has 0 saturated carbocycles. The Balaban J connectivity index is 1.68. The summed E-state index contributed by atoms with van der Waals surface area (Å²) in [5.74, 6) is -1.54. The number of aliphatic hydroxyl groups is 1. The summed E-state index contributed by atoms with van der Waals surface area (Å²) in [5.41, 5.74) is 4.17. The lowest BCUT2D eigenvalue weighted by Gasteiger charge is -2.28. The Morgan fingerprint density at radius 1 is 1.18 bits per heavy atom.